The number of nitrogens with zero attached hydrogens (tertiary/aromatic N) is 1. The zero-order valence-corrected chi connectivity index (χ0v) is 18.1. The molecule has 1 aromatic heterocycles. The summed E-state index contributed by atoms with van der Waals surface area (Å²) in [5, 5.41) is 13.3. The molecule has 1 atom stereocenters. The van der Waals surface area contributed by atoms with Crippen molar-refractivity contribution in [1.29, 1.82) is 0 Å². The highest BCUT2D eigenvalue weighted by atomic mass is 16.4. The number of aryl methyl sites for hydroxylation is 1. The third kappa shape index (κ3) is 4.29. The molecule has 0 aliphatic carbocycles. The number of para-hydroxylation sites is 1. The van der Waals surface area contributed by atoms with E-state index in [0.717, 1.165) is 37.1 Å². The molecule has 6 heteroatoms. The molecule has 3 aromatic rings. The van der Waals surface area contributed by atoms with Gasteiger partial charge < -0.3 is 19.7 Å². The van der Waals surface area contributed by atoms with Gasteiger partial charge in [0.15, 0.2) is 11.3 Å². The summed E-state index contributed by atoms with van der Waals surface area (Å²) >= 11 is 0. The molecule has 2 N–H and O–H groups in total. The average Bonchev–Trinajstić information content (AvgIpc) is 2.74. The van der Waals surface area contributed by atoms with Crippen molar-refractivity contribution in [2.24, 2.45) is 5.92 Å². The fraction of sp³-hybridized carbons (Fsp3) is 0.360. The maximum atomic E-state index is 13.0. The Morgan fingerprint density at radius 3 is 2.61 bits per heavy atom. The lowest BCUT2D eigenvalue weighted by Crippen LogP contribution is -2.33. The molecule has 0 spiro atoms. The van der Waals surface area contributed by atoms with Crippen LogP contribution in [0.25, 0.3) is 11.0 Å². The number of aromatic carboxylic acids is 1. The van der Waals surface area contributed by atoms with Gasteiger partial charge in [-0.05, 0) is 56.4 Å². The molecule has 2 aromatic carbocycles. The van der Waals surface area contributed by atoms with Gasteiger partial charge in [-0.2, -0.15) is 0 Å². The number of anilines is 2. The highest BCUT2D eigenvalue weighted by Gasteiger charge is 2.21. The topological polar surface area (TPSA) is 82.8 Å². The minimum absolute atomic E-state index is 0.0574. The molecular formula is C25H28N2O4. The second kappa shape index (κ2) is 8.46. The van der Waals surface area contributed by atoms with Crippen LogP contribution in [0.4, 0.5) is 11.6 Å². The highest BCUT2D eigenvalue weighted by Crippen LogP contribution is 2.31. The second-order valence-corrected chi connectivity index (χ2v) is 8.57. The molecule has 4 rings (SSSR count). The van der Waals surface area contributed by atoms with Crippen LogP contribution >= 0.6 is 0 Å². The fourth-order valence-electron chi connectivity index (χ4n) is 4.24. The van der Waals surface area contributed by atoms with Crippen molar-refractivity contribution in [3.8, 4) is 0 Å². The van der Waals surface area contributed by atoms with Crippen molar-refractivity contribution in [2.75, 3.05) is 23.3 Å². The second-order valence-electron chi connectivity index (χ2n) is 8.57. The van der Waals surface area contributed by atoms with E-state index in [1.165, 1.54) is 0 Å². The van der Waals surface area contributed by atoms with Crippen molar-refractivity contribution in [3.05, 3.63) is 69.4 Å². The summed E-state index contributed by atoms with van der Waals surface area (Å²) in [6, 6.07) is 12.0. The van der Waals surface area contributed by atoms with Gasteiger partial charge in [0.05, 0.1) is 17.0 Å². The van der Waals surface area contributed by atoms with Crippen molar-refractivity contribution in [3.63, 3.8) is 0 Å². The summed E-state index contributed by atoms with van der Waals surface area (Å²) in [5.41, 5.74) is 3.02. The lowest BCUT2D eigenvalue weighted by Gasteiger charge is -2.30. The standard InChI is InChI=1S/C25H28N2O4/c1-15-8-10-27(11-9-15)23-14-22(28)20-13-16(2)12-19(24(20)31-23)17(3)26-21-7-5-4-6-18(21)25(29)30/h4-7,12-15,17,26H,8-11H2,1-3H3,(H,29,30). The minimum atomic E-state index is -0.988. The molecule has 31 heavy (non-hydrogen) atoms. The zero-order chi connectivity index (χ0) is 22.1. The third-order valence-corrected chi connectivity index (χ3v) is 6.08. The number of hydrogen-bond donors (Lipinski definition) is 2. The molecular weight excluding hydrogens is 392 g/mol. The van der Waals surface area contributed by atoms with Crippen LogP contribution in [0.15, 0.2) is 51.7 Å². The van der Waals surface area contributed by atoms with Crippen LogP contribution in [0.2, 0.25) is 0 Å². The Balaban J connectivity index is 1.76. The predicted octanol–water partition coefficient (Wildman–Crippen LogP) is 5.21. The van der Waals surface area contributed by atoms with Crippen LogP contribution in [0.1, 0.15) is 54.2 Å². The van der Waals surface area contributed by atoms with E-state index in [-0.39, 0.29) is 17.0 Å². The lowest BCUT2D eigenvalue weighted by molar-refractivity contribution is 0.0698. The van der Waals surface area contributed by atoms with Gasteiger partial charge in [-0.25, -0.2) is 4.79 Å². The van der Waals surface area contributed by atoms with Crippen molar-refractivity contribution in [2.45, 2.75) is 39.7 Å². The molecule has 1 aliphatic heterocycles. The number of hydrogen-bond acceptors (Lipinski definition) is 5. The summed E-state index contributed by atoms with van der Waals surface area (Å²) in [5.74, 6) is 0.297. The van der Waals surface area contributed by atoms with Crippen molar-refractivity contribution in [1.82, 2.24) is 0 Å². The van der Waals surface area contributed by atoms with E-state index in [1.807, 2.05) is 26.0 Å². The normalized spacial score (nSPS) is 15.8. The van der Waals surface area contributed by atoms with Gasteiger partial charge in [-0.1, -0.05) is 25.1 Å². The quantitative estimate of drug-likeness (QED) is 0.590. The first kappa shape index (κ1) is 21.0. The summed E-state index contributed by atoms with van der Waals surface area (Å²) in [4.78, 5) is 26.7. The van der Waals surface area contributed by atoms with Gasteiger partial charge >= 0.3 is 5.97 Å². The van der Waals surface area contributed by atoms with Crippen LogP contribution in [0.3, 0.4) is 0 Å². The van der Waals surface area contributed by atoms with Gasteiger partial charge in [0.1, 0.15) is 5.58 Å². The molecule has 0 amide bonds. The number of carbonyl (C=O) groups is 1. The van der Waals surface area contributed by atoms with E-state index in [0.29, 0.717) is 28.5 Å². The molecule has 1 unspecified atom stereocenters. The molecule has 1 fully saturated rings. The number of nitrogens with one attached hydrogen (secondary N) is 1. The number of piperidine rings is 1. The van der Waals surface area contributed by atoms with Gasteiger partial charge in [0.25, 0.3) is 0 Å². The molecule has 1 aliphatic rings. The Kier molecular flexibility index (Phi) is 5.72. The first-order valence-corrected chi connectivity index (χ1v) is 10.8. The molecule has 6 nitrogen and oxygen atoms in total. The number of benzene rings is 2. The minimum Gasteiger partial charge on any atom is -0.478 e. The van der Waals surface area contributed by atoms with Crippen LogP contribution in [-0.2, 0) is 0 Å². The van der Waals surface area contributed by atoms with E-state index >= 15 is 0 Å². The van der Waals surface area contributed by atoms with Crippen LogP contribution in [-0.4, -0.2) is 24.2 Å². The highest BCUT2D eigenvalue weighted by molar-refractivity contribution is 5.94. The van der Waals surface area contributed by atoms with Gasteiger partial charge in [0.2, 0.25) is 0 Å². The summed E-state index contributed by atoms with van der Waals surface area (Å²) in [7, 11) is 0. The van der Waals surface area contributed by atoms with Crippen molar-refractivity contribution < 1.29 is 14.3 Å². The molecule has 1 saturated heterocycles. The zero-order valence-electron chi connectivity index (χ0n) is 18.1. The van der Waals surface area contributed by atoms with Crippen molar-refractivity contribution >= 4 is 28.5 Å². The molecule has 0 saturated carbocycles. The molecule has 2 heterocycles. The molecule has 0 radical (unpaired) electrons. The number of fused-ring (bicyclic) bond motifs is 1. The SMILES string of the molecule is Cc1cc(C(C)Nc2ccccc2C(=O)O)c2oc(N3CCC(C)CC3)cc(=O)c2c1. The first-order valence-electron chi connectivity index (χ1n) is 10.8. The molecule has 162 valence electrons. The Labute approximate surface area is 181 Å². The summed E-state index contributed by atoms with van der Waals surface area (Å²) in [6.45, 7) is 7.88. The number of carboxylic acid groups (broad SMARTS) is 1. The van der Waals surface area contributed by atoms with Gasteiger partial charge in [-0.3, -0.25) is 4.79 Å². The average molecular weight is 421 g/mol. The largest absolute Gasteiger partial charge is 0.478 e. The Morgan fingerprint density at radius 2 is 1.90 bits per heavy atom. The van der Waals surface area contributed by atoms with E-state index < -0.39 is 5.97 Å². The smallest absolute Gasteiger partial charge is 0.337 e. The van der Waals surface area contributed by atoms with E-state index in [9.17, 15) is 14.7 Å². The lowest BCUT2D eigenvalue weighted by atomic mass is 9.99. The number of carboxylic acids is 1. The predicted molar refractivity (Wildman–Crippen MR) is 123 cm³/mol. The van der Waals surface area contributed by atoms with Gasteiger partial charge in [0, 0.05) is 30.4 Å². The number of rotatable bonds is 5. The maximum Gasteiger partial charge on any atom is 0.337 e. The van der Waals surface area contributed by atoms with Crippen LogP contribution < -0.4 is 15.6 Å². The molecule has 0 bridgehead atoms. The maximum absolute atomic E-state index is 13.0. The first-order chi connectivity index (χ1) is 14.8. The van der Waals surface area contributed by atoms with Gasteiger partial charge in [-0.15, -0.1) is 0 Å². The van der Waals surface area contributed by atoms with Crippen LogP contribution in [0, 0.1) is 12.8 Å². The Morgan fingerprint density at radius 1 is 1.19 bits per heavy atom. The third-order valence-electron chi connectivity index (χ3n) is 6.08. The summed E-state index contributed by atoms with van der Waals surface area (Å²) in [6.07, 6.45) is 2.15. The van der Waals surface area contributed by atoms with E-state index in [2.05, 4.69) is 17.1 Å². The van der Waals surface area contributed by atoms with E-state index in [4.69, 9.17) is 4.42 Å². The van der Waals surface area contributed by atoms with Crippen LogP contribution in [0.5, 0.6) is 0 Å². The van der Waals surface area contributed by atoms with E-state index in [1.54, 1.807) is 30.3 Å². The fourth-order valence-corrected chi connectivity index (χ4v) is 4.24. The summed E-state index contributed by atoms with van der Waals surface area (Å²) < 4.78 is 6.31. The Bertz CT molecular complexity index is 1180. The Hall–Kier alpha value is -3.28. The monoisotopic (exact) mass is 420 g/mol.